The molecular weight excluding hydrogens is 232 g/mol. The molecule has 0 radical (unpaired) electrons. The zero-order valence-electron chi connectivity index (χ0n) is 9.79. The average molecular weight is 244 g/mol. The van der Waals surface area contributed by atoms with E-state index < -0.39 is 5.97 Å². The normalized spacial score (nSPS) is 10.1. The van der Waals surface area contributed by atoms with Gasteiger partial charge in [0.15, 0.2) is 0 Å². The van der Waals surface area contributed by atoms with Crippen molar-refractivity contribution in [3.8, 4) is 0 Å². The molecule has 6 heteroatoms. The highest BCUT2D eigenvalue weighted by Crippen LogP contribution is 2.11. The van der Waals surface area contributed by atoms with Crippen LogP contribution < -0.4 is 5.32 Å². The van der Waals surface area contributed by atoms with E-state index >= 15 is 0 Å². The molecular formula is C12H12N4O2. The number of hydrogen-bond donors (Lipinski definition) is 2. The number of carboxylic acid groups (broad SMARTS) is 1. The van der Waals surface area contributed by atoms with Crippen LogP contribution >= 0.6 is 0 Å². The zero-order valence-corrected chi connectivity index (χ0v) is 9.79. The summed E-state index contributed by atoms with van der Waals surface area (Å²) in [5, 5.41) is 19.6. The van der Waals surface area contributed by atoms with Crippen LogP contribution in [0, 0.1) is 6.92 Å². The van der Waals surface area contributed by atoms with Gasteiger partial charge in [0, 0.05) is 6.20 Å². The van der Waals surface area contributed by atoms with E-state index in [4.69, 9.17) is 5.11 Å². The van der Waals surface area contributed by atoms with Crippen LogP contribution in [0.2, 0.25) is 0 Å². The Balaban J connectivity index is 2.07. The molecule has 0 aromatic carbocycles. The smallest absolute Gasteiger partial charge is 0.337 e. The largest absolute Gasteiger partial charge is 0.478 e. The molecule has 92 valence electrons. The van der Waals surface area contributed by atoms with Crippen molar-refractivity contribution < 1.29 is 9.90 Å². The maximum absolute atomic E-state index is 10.8. The van der Waals surface area contributed by atoms with Crippen LogP contribution in [0.3, 0.4) is 0 Å². The third-order valence-electron chi connectivity index (χ3n) is 2.39. The highest BCUT2D eigenvalue weighted by molar-refractivity contribution is 5.89. The minimum Gasteiger partial charge on any atom is -0.478 e. The predicted molar refractivity (Wildman–Crippen MR) is 65.3 cm³/mol. The van der Waals surface area contributed by atoms with Gasteiger partial charge < -0.3 is 10.4 Å². The Kier molecular flexibility index (Phi) is 3.47. The van der Waals surface area contributed by atoms with E-state index in [1.165, 1.54) is 6.07 Å². The number of hydrogen-bond acceptors (Lipinski definition) is 5. The Hall–Kier alpha value is -2.50. The first-order valence-electron chi connectivity index (χ1n) is 5.38. The number of nitrogens with one attached hydrogen (secondary N) is 1. The number of aromatic carboxylic acids is 1. The van der Waals surface area contributed by atoms with Crippen molar-refractivity contribution in [1.29, 1.82) is 0 Å². The fourth-order valence-electron chi connectivity index (χ4n) is 1.49. The number of carboxylic acids is 1. The maximum Gasteiger partial charge on any atom is 0.337 e. The Morgan fingerprint density at radius 3 is 2.83 bits per heavy atom. The summed E-state index contributed by atoms with van der Waals surface area (Å²) >= 11 is 0. The fraction of sp³-hybridized carbons (Fsp3) is 0.167. The lowest BCUT2D eigenvalue weighted by molar-refractivity contribution is 0.0695. The topological polar surface area (TPSA) is 88.0 Å². The standard InChI is InChI=1S/C12H12N4O2/c1-8-10(12(17)18)4-5-11(15-8)13-7-9-3-2-6-14-16-9/h2-6H,7H2,1H3,(H,13,15)(H,17,18). The Morgan fingerprint density at radius 2 is 2.22 bits per heavy atom. The molecule has 2 N–H and O–H groups in total. The van der Waals surface area contributed by atoms with Gasteiger partial charge >= 0.3 is 5.97 Å². The van der Waals surface area contributed by atoms with Gasteiger partial charge in [0.05, 0.1) is 23.5 Å². The molecule has 0 amide bonds. The quantitative estimate of drug-likeness (QED) is 0.847. The summed E-state index contributed by atoms with van der Waals surface area (Å²) in [6, 6.07) is 6.81. The van der Waals surface area contributed by atoms with Gasteiger partial charge in [0.1, 0.15) is 5.82 Å². The van der Waals surface area contributed by atoms with E-state index in [0.717, 1.165) is 5.69 Å². The van der Waals surface area contributed by atoms with Crippen LogP contribution in [0.1, 0.15) is 21.7 Å². The number of aromatic nitrogens is 3. The van der Waals surface area contributed by atoms with Gasteiger partial charge in [-0.15, -0.1) is 0 Å². The minimum atomic E-state index is -0.972. The number of nitrogens with zero attached hydrogens (tertiary/aromatic N) is 3. The number of carbonyl (C=O) groups is 1. The van der Waals surface area contributed by atoms with Crippen LogP contribution in [0.25, 0.3) is 0 Å². The van der Waals surface area contributed by atoms with Gasteiger partial charge in [-0.1, -0.05) is 0 Å². The molecule has 2 aromatic heterocycles. The Morgan fingerprint density at radius 1 is 1.39 bits per heavy atom. The van der Waals surface area contributed by atoms with Gasteiger partial charge in [0.25, 0.3) is 0 Å². The minimum absolute atomic E-state index is 0.208. The molecule has 0 unspecified atom stereocenters. The molecule has 2 rings (SSSR count). The average Bonchev–Trinajstić information content (AvgIpc) is 2.37. The first kappa shape index (κ1) is 12.0. The van der Waals surface area contributed by atoms with E-state index in [1.54, 1.807) is 25.3 Å². The number of pyridine rings is 1. The molecule has 0 saturated heterocycles. The maximum atomic E-state index is 10.8. The van der Waals surface area contributed by atoms with Crippen LogP contribution in [0.15, 0.2) is 30.5 Å². The number of rotatable bonds is 4. The van der Waals surface area contributed by atoms with Crippen LogP contribution in [-0.2, 0) is 6.54 Å². The SMILES string of the molecule is Cc1nc(NCc2cccnn2)ccc1C(=O)O. The van der Waals surface area contributed by atoms with Crippen molar-refractivity contribution in [3.05, 3.63) is 47.4 Å². The highest BCUT2D eigenvalue weighted by Gasteiger charge is 2.08. The van der Waals surface area contributed by atoms with Crippen LogP contribution in [-0.4, -0.2) is 26.3 Å². The molecule has 0 aliphatic carbocycles. The lowest BCUT2D eigenvalue weighted by atomic mass is 10.2. The molecule has 0 bridgehead atoms. The van der Waals surface area contributed by atoms with Crippen molar-refractivity contribution in [3.63, 3.8) is 0 Å². The second-order valence-electron chi connectivity index (χ2n) is 3.70. The summed E-state index contributed by atoms with van der Waals surface area (Å²) in [5.74, 6) is -0.358. The first-order chi connectivity index (χ1) is 8.66. The van der Waals surface area contributed by atoms with Crippen molar-refractivity contribution in [2.24, 2.45) is 0 Å². The summed E-state index contributed by atoms with van der Waals surface area (Å²) in [6.07, 6.45) is 1.60. The molecule has 18 heavy (non-hydrogen) atoms. The van der Waals surface area contributed by atoms with E-state index in [0.29, 0.717) is 18.1 Å². The molecule has 0 aliphatic rings. The van der Waals surface area contributed by atoms with Gasteiger partial charge in [0.2, 0.25) is 0 Å². The highest BCUT2D eigenvalue weighted by atomic mass is 16.4. The second kappa shape index (κ2) is 5.22. The molecule has 0 spiro atoms. The zero-order chi connectivity index (χ0) is 13.0. The van der Waals surface area contributed by atoms with Crippen molar-refractivity contribution in [2.75, 3.05) is 5.32 Å². The van der Waals surface area contributed by atoms with Crippen molar-refractivity contribution >= 4 is 11.8 Å². The van der Waals surface area contributed by atoms with Crippen LogP contribution in [0.4, 0.5) is 5.82 Å². The summed E-state index contributed by atoms with van der Waals surface area (Å²) in [6.45, 7) is 2.16. The van der Waals surface area contributed by atoms with Gasteiger partial charge in [-0.2, -0.15) is 10.2 Å². The summed E-state index contributed by atoms with van der Waals surface area (Å²) in [7, 11) is 0. The lowest BCUT2D eigenvalue weighted by Gasteiger charge is -2.06. The Bertz CT molecular complexity index is 557. The third-order valence-corrected chi connectivity index (χ3v) is 2.39. The number of anilines is 1. The molecule has 0 saturated carbocycles. The van der Waals surface area contributed by atoms with Gasteiger partial charge in [-0.3, -0.25) is 0 Å². The Labute approximate surface area is 104 Å². The molecule has 6 nitrogen and oxygen atoms in total. The van der Waals surface area contributed by atoms with E-state index in [2.05, 4.69) is 20.5 Å². The molecule has 2 aromatic rings. The van der Waals surface area contributed by atoms with E-state index in [-0.39, 0.29) is 5.56 Å². The van der Waals surface area contributed by atoms with Crippen molar-refractivity contribution in [1.82, 2.24) is 15.2 Å². The molecule has 0 aliphatic heterocycles. The van der Waals surface area contributed by atoms with Gasteiger partial charge in [-0.25, -0.2) is 9.78 Å². The molecule has 0 fully saturated rings. The monoisotopic (exact) mass is 244 g/mol. The van der Waals surface area contributed by atoms with E-state index in [1.807, 2.05) is 6.07 Å². The second-order valence-corrected chi connectivity index (χ2v) is 3.70. The molecule has 0 atom stereocenters. The first-order valence-corrected chi connectivity index (χ1v) is 5.38. The van der Waals surface area contributed by atoms with E-state index in [9.17, 15) is 4.79 Å². The summed E-state index contributed by atoms with van der Waals surface area (Å²) < 4.78 is 0. The third kappa shape index (κ3) is 2.79. The fourth-order valence-corrected chi connectivity index (χ4v) is 1.49. The summed E-state index contributed by atoms with van der Waals surface area (Å²) in [4.78, 5) is 15.0. The van der Waals surface area contributed by atoms with Gasteiger partial charge in [-0.05, 0) is 31.2 Å². The van der Waals surface area contributed by atoms with Crippen LogP contribution in [0.5, 0.6) is 0 Å². The predicted octanol–water partition coefficient (Wildman–Crippen LogP) is 1.49. The van der Waals surface area contributed by atoms with Crippen molar-refractivity contribution in [2.45, 2.75) is 13.5 Å². The lowest BCUT2D eigenvalue weighted by Crippen LogP contribution is -2.07. The number of aryl methyl sites for hydroxylation is 1. The molecule has 2 heterocycles. The summed E-state index contributed by atoms with van der Waals surface area (Å²) in [5.41, 5.74) is 1.48.